The number of carbonyl (C=O) groups excluding carboxylic acids is 1. The highest BCUT2D eigenvalue weighted by molar-refractivity contribution is 7.80. The number of likely N-dealkylation sites (tertiary alicyclic amines) is 1. The first-order chi connectivity index (χ1) is 8.99. The quantitative estimate of drug-likeness (QED) is 0.802. The number of rotatable bonds is 2. The number of nitrogens with two attached hydrogens (primary N) is 1. The molecular weight excluding hydrogens is 262 g/mol. The van der Waals surface area contributed by atoms with Gasteiger partial charge in [0.1, 0.15) is 10.8 Å². The Morgan fingerprint density at radius 2 is 2.37 bits per heavy atom. The number of aryl methyl sites for hydroxylation is 1. The molecule has 1 aliphatic rings. The van der Waals surface area contributed by atoms with E-state index in [4.69, 9.17) is 18.0 Å². The van der Waals surface area contributed by atoms with Crippen LogP contribution < -0.4 is 11.1 Å². The predicted octanol–water partition coefficient (Wildman–Crippen LogP) is 1.32. The van der Waals surface area contributed by atoms with E-state index in [-0.39, 0.29) is 11.0 Å². The number of anilines is 1. The molecule has 19 heavy (non-hydrogen) atoms. The Kier molecular flexibility index (Phi) is 4.04. The van der Waals surface area contributed by atoms with Crippen LogP contribution in [-0.4, -0.2) is 38.8 Å². The topological polar surface area (TPSA) is 76.2 Å². The van der Waals surface area contributed by atoms with Gasteiger partial charge < -0.3 is 10.6 Å². The van der Waals surface area contributed by atoms with Crippen molar-refractivity contribution in [3.8, 4) is 0 Å². The molecule has 1 saturated heterocycles. The Morgan fingerprint density at radius 3 is 3.00 bits per heavy atom. The first-order valence-electron chi connectivity index (χ1n) is 6.36. The van der Waals surface area contributed by atoms with E-state index in [0.717, 1.165) is 19.5 Å². The second-order valence-electron chi connectivity index (χ2n) is 5.02. The Bertz CT molecular complexity index is 498. The molecule has 0 spiro atoms. The minimum absolute atomic E-state index is 0.118. The van der Waals surface area contributed by atoms with E-state index in [1.807, 2.05) is 4.90 Å². The standard InChI is InChI=1S/C12H19N5OS/c1-8-4-3-5-17(7-8)12(18)15-11-9(10(13)19)6-14-16(11)2/h6,8H,3-5,7H2,1-2H3,(H2,13,19)(H,15,18). The van der Waals surface area contributed by atoms with Gasteiger partial charge in [-0.3, -0.25) is 10.00 Å². The van der Waals surface area contributed by atoms with Crippen LogP contribution in [0.4, 0.5) is 10.6 Å². The van der Waals surface area contributed by atoms with Gasteiger partial charge in [0.05, 0.1) is 11.8 Å². The highest BCUT2D eigenvalue weighted by Gasteiger charge is 2.22. The summed E-state index contributed by atoms with van der Waals surface area (Å²) in [5, 5.41) is 6.92. The molecule has 2 heterocycles. The molecule has 0 bridgehead atoms. The van der Waals surface area contributed by atoms with Crippen molar-refractivity contribution in [2.75, 3.05) is 18.4 Å². The maximum Gasteiger partial charge on any atom is 0.323 e. The van der Waals surface area contributed by atoms with Crippen LogP contribution in [0, 0.1) is 5.92 Å². The molecule has 6 nitrogen and oxygen atoms in total. The zero-order chi connectivity index (χ0) is 14.0. The number of nitrogens with zero attached hydrogens (tertiary/aromatic N) is 3. The van der Waals surface area contributed by atoms with Crippen LogP contribution in [0.3, 0.4) is 0 Å². The van der Waals surface area contributed by atoms with Crippen LogP contribution in [-0.2, 0) is 7.05 Å². The van der Waals surface area contributed by atoms with Crippen molar-refractivity contribution < 1.29 is 4.79 Å². The zero-order valence-corrected chi connectivity index (χ0v) is 12.0. The molecule has 0 aliphatic carbocycles. The summed E-state index contributed by atoms with van der Waals surface area (Å²) in [7, 11) is 1.75. The lowest BCUT2D eigenvalue weighted by molar-refractivity contribution is 0.182. The average molecular weight is 281 g/mol. The summed E-state index contributed by atoms with van der Waals surface area (Å²) < 4.78 is 1.57. The smallest absolute Gasteiger partial charge is 0.323 e. The summed E-state index contributed by atoms with van der Waals surface area (Å²) in [4.78, 5) is 14.3. The number of aromatic nitrogens is 2. The minimum Gasteiger partial charge on any atom is -0.389 e. The Labute approximate surface area is 117 Å². The van der Waals surface area contributed by atoms with Gasteiger partial charge in [0, 0.05) is 20.1 Å². The Hall–Kier alpha value is -1.63. The molecule has 2 amide bonds. The van der Waals surface area contributed by atoms with Crippen LogP contribution in [0.1, 0.15) is 25.3 Å². The monoisotopic (exact) mass is 281 g/mol. The molecule has 1 aromatic rings. The SMILES string of the molecule is CC1CCCN(C(=O)Nc2c(C(N)=S)cnn2C)C1. The average Bonchev–Trinajstić information content (AvgIpc) is 2.71. The molecule has 2 rings (SSSR count). The van der Waals surface area contributed by atoms with E-state index in [1.165, 1.54) is 6.42 Å². The summed E-state index contributed by atoms with van der Waals surface area (Å²) >= 11 is 4.95. The summed E-state index contributed by atoms with van der Waals surface area (Å²) in [6.45, 7) is 3.73. The van der Waals surface area contributed by atoms with Gasteiger partial charge in [-0.25, -0.2) is 4.79 Å². The van der Waals surface area contributed by atoms with Crippen LogP contribution in [0.5, 0.6) is 0 Å². The van der Waals surface area contributed by atoms with Gasteiger partial charge >= 0.3 is 6.03 Å². The van der Waals surface area contributed by atoms with Gasteiger partial charge in [0.2, 0.25) is 0 Å². The highest BCUT2D eigenvalue weighted by atomic mass is 32.1. The molecule has 0 radical (unpaired) electrons. The van der Waals surface area contributed by atoms with Crippen molar-refractivity contribution in [2.24, 2.45) is 18.7 Å². The molecule has 0 aromatic carbocycles. The second-order valence-corrected chi connectivity index (χ2v) is 5.46. The van der Waals surface area contributed by atoms with E-state index in [0.29, 0.717) is 17.3 Å². The van der Waals surface area contributed by atoms with Crippen LogP contribution in [0.25, 0.3) is 0 Å². The molecule has 1 unspecified atom stereocenters. The summed E-state index contributed by atoms with van der Waals surface area (Å²) in [6, 6.07) is -0.118. The zero-order valence-electron chi connectivity index (χ0n) is 11.2. The fourth-order valence-corrected chi connectivity index (χ4v) is 2.47. The van der Waals surface area contributed by atoms with E-state index >= 15 is 0 Å². The van der Waals surface area contributed by atoms with E-state index < -0.39 is 0 Å². The highest BCUT2D eigenvalue weighted by Crippen LogP contribution is 2.18. The van der Waals surface area contributed by atoms with Crippen molar-refractivity contribution in [1.82, 2.24) is 14.7 Å². The van der Waals surface area contributed by atoms with Gasteiger partial charge in [-0.2, -0.15) is 5.10 Å². The first-order valence-corrected chi connectivity index (χ1v) is 6.77. The largest absolute Gasteiger partial charge is 0.389 e. The number of thiocarbonyl (C=S) groups is 1. The van der Waals surface area contributed by atoms with Crippen molar-refractivity contribution >= 4 is 29.1 Å². The summed E-state index contributed by atoms with van der Waals surface area (Å²) in [6.07, 6.45) is 3.78. The van der Waals surface area contributed by atoms with E-state index in [1.54, 1.807) is 17.9 Å². The van der Waals surface area contributed by atoms with E-state index in [9.17, 15) is 4.79 Å². The summed E-state index contributed by atoms with van der Waals surface area (Å²) in [5.41, 5.74) is 6.21. The molecule has 1 fully saturated rings. The van der Waals surface area contributed by atoms with Crippen molar-refractivity contribution in [3.05, 3.63) is 11.8 Å². The van der Waals surface area contributed by atoms with Crippen LogP contribution in [0.15, 0.2) is 6.20 Å². The number of amides is 2. The lowest BCUT2D eigenvalue weighted by Crippen LogP contribution is -2.42. The Balaban J connectivity index is 2.10. The van der Waals surface area contributed by atoms with Crippen LogP contribution >= 0.6 is 12.2 Å². The number of hydrogen-bond donors (Lipinski definition) is 2. The van der Waals surface area contributed by atoms with Crippen molar-refractivity contribution in [2.45, 2.75) is 19.8 Å². The fourth-order valence-electron chi connectivity index (χ4n) is 2.32. The second kappa shape index (κ2) is 5.56. The third-order valence-electron chi connectivity index (χ3n) is 3.37. The molecule has 0 saturated carbocycles. The van der Waals surface area contributed by atoms with Gasteiger partial charge in [0.25, 0.3) is 0 Å². The van der Waals surface area contributed by atoms with Gasteiger partial charge in [-0.1, -0.05) is 19.1 Å². The van der Waals surface area contributed by atoms with Gasteiger partial charge in [-0.05, 0) is 18.8 Å². The first kappa shape index (κ1) is 13.8. The number of urea groups is 1. The molecule has 7 heteroatoms. The lowest BCUT2D eigenvalue weighted by Gasteiger charge is -2.31. The van der Waals surface area contributed by atoms with Gasteiger partial charge in [0.15, 0.2) is 0 Å². The minimum atomic E-state index is -0.118. The number of hydrogen-bond acceptors (Lipinski definition) is 3. The molecular formula is C12H19N5OS. The number of nitrogens with one attached hydrogen (secondary N) is 1. The van der Waals surface area contributed by atoms with Crippen molar-refractivity contribution in [3.63, 3.8) is 0 Å². The molecule has 104 valence electrons. The number of carbonyl (C=O) groups is 1. The lowest BCUT2D eigenvalue weighted by atomic mass is 10.0. The van der Waals surface area contributed by atoms with E-state index in [2.05, 4.69) is 17.3 Å². The third kappa shape index (κ3) is 3.04. The van der Waals surface area contributed by atoms with Gasteiger partial charge in [-0.15, -0.1) is 0 Å². The molecule has 3 N–H and O–H groups in total. The Morgan fingerprint density at radius 1 is 1.63 bits per heavy atom. The maximum absolute atomic E-state index is 12.2. The predicted molar refractivity (Wildman–Crippen MR) is 78.1 cm³/mol. The fraction of sp³-hybridized carbons (Fsp3) is 0.583. The van der Waals surface area contributed by atoms with Crippen molar-refractivity contribution in [1.29, 1.82) is 0 Å². The molecule has 1 aliphatic heterocycles. The molecule has 1 aromatic heterocycles. The normalized spacial score (nSPS) is 19.3. The molecule has 1 atom stereocenters. The third-order valence-corrected chi connectivity index (χ3v) is 3.59. The van der Waals surface area contributed by atoms with Crippen LogP contribution in [0.2, 0.25) is 0 Å². The summed E-state index contributed by atoms with van der Waals surface area (Å²) in [5.74, 6) is 1.09. The maximum atomic E-state index is 12.2. The number of piperidine rings is 1.